The van der Waals surface area contributed by atoms with Crippen LogP contribution >= 0.6 is 11.6 Å². The van der Waals surface area contributed by atoms with Gasteiger partial charge in [0.15, 0.2) is 0 Å². The van der Waals surface area contributed by atoms with Crippen molar-refractivity contribution in [3.05, 3.63) is 34.9 Å². The molecule has 5 heteroatoms. The summed E-state index contributed by atoms with van der Waals surface area (Å²) in [6.07, 6.45) is 1.09. The standard InChI is InChI=1S/C18H28ClN3O/c1-18(2,15-5-7-16(19)8-6-15)13-20-17(23)22-10-9-14(12-22)11-21(3)4/h5-8,14H,9-13H2,1-4H3,(H,20,23). The zero-order valence-corrected chi connectivity index (χ0v) is 15.4. The second-order valence-corrected chi connectivity index (χ2v) is 7.85. The molecule has 4 nitrogen and oxygen atoms in total. The number of halogens is 1. The normalized spacial score (nSPS) is 18.5. The Kier molecular flexibility index (Phi) is 5.93. The Morgan fingerprint density at radius 3 is 2.61 bits per heavy atom. The van der Waals surface area contributed by atoms with Gasteiger partial charge in [-0.3, -0.25) is 0 Å². The van der Waals surface area contributed by atoms with Crippen molar-refractivity contribution in [3.8, 4) is 0 Å². The van der Waals surface area contributed by atoms with Crippen LogP contribution in [-0.4, -0.2) is 56.1 Å². The molecule has 1 aromatic rings. The lowest BCUT2D eigenvalue weighted by Crippen LogP contribution is -2.44. The zero-order chi connectivity index (χ0) is 17.0. The molecule has 0 radical (unpaired) electrons. The van der Waals surface area contributed by atoms with Crippen LogP contribution in [0.2, 0.25) is 5.02 Å². The third-order valence-electron chi connectivity index (χ3n) is 4.50. The van der Waals surface area contributed by atoms with Gasteiger partial charge in [-0.15, -0.1) is 0 Å². The van der Waals surface area contributed by atoms with Crippen LogP contribution in [0.1, 0.15) is 25.8 Å². The van der Waals surface area contributed by atoms with E-state index in [-0.39, 0.29) is 11.4 Å². The van der Waals surface area contributed by atoms with E-state index >= 15 is 0 Å². The van der Waals surface area contributed by atoms with Crippen LogP contribution in [0.3, 0.4) is 0 Å². The summed E-state index contributed by atoms with van der Waals surface area (Å²) in [4.78, 5) is 16.5. The number of rotatable bonds is 5. The summed E-state index contributed by atoms with van der Waals surface area (Å²) in [6.45, 7) is 7.63. The van der Waals surface area contributed by atoms with Gasteiger partial charge in [-0.05, 0) is 44.1 Å². The maximum Gasteiger partial charge on any atom is 0.317 e. The summed E-state index contributed by atoms with van der Waals surface area (Å²) in [5.41, 5.74) is 1.05. The van der Waals surface area contributed by atoms with Crippen LogP contribution in [0.15, 0.2) is 24.3 Å². The Morgan fingerprint density at radius 2 is 2.00 bits per heavy atom. The molecule has 2 amide bonds. The van der Waals surface area contributed by atoms with Crippen molar-refractivity contribution in [2.24, 2.45) is 5.92 Å². The Bertz CT molecular complexity index is 528. The van der Waals surface area contributed by atoms with E-state index in [1.54, 1.807) is 0 Å². The Balaban J connectivity index is 1.85. The molecule has 1 fully saturated rings. The van der Waals surface area contributed by atoms with Gasteiger partial charge in [0.05, 0.1) is 0 Å². The second-order valence-electron chi connectivity index (χ2n) is 7.41. The Labute approximate surface area is 144 Å². The Hall–Kier alpha value is -1.26. The lowest BCUT2D eigenvalue weighted by atomic mass is 9.85. The van der Waals surface area contributed by atoms with Gasteiger partial charge in [0.25, 0.3) is 0 Å². The molecule has 128 valence electrons. The van der Waals surface area contributed by atoms with Gasteiger partial charge >= 0.3 is 6.03 Å². The fourth-order valence-electron chi connectivity index (χ4n) is 3.09. The van der Waals surface area contributed by atoms with E-state index in [1.807, 2.05) is 29.2 Å². The van der Waals surface area contributed by atoms with E-state index in [2.05, 4.69) is 38.2 Å². The van der Waals surface area contributed by atoms with Gasteiger partial charge in [-0.25, -0.2) is 4.79 Å². The quantitative estimate of drug-likeness (QED) is 0.895. The first-order chi connectivity index (χ1) is 10.8. The number of nitrogens with one attached hydrogen (secondary N) is 1. The van der Waals surface area contributed by atoms with Crippen molar-refractivity contribution >= 4 is 17.6 Å². The summed E-state index contributed by atoms with van der Waals surface area (Å²) in [5.74, 6) is 0.583. The summed E-state index contributed by atoms with van der Waals surface area (Å²) < 4.78 is 0. The number of hydrogen-bond donors (Lipinski definition) is 1. The number of urea groups is 1. The minimum Gasteiger partial charge on any atom is -0.337 e. The van der Waals surface area contributed by atoms with Gasteiger partial charge < -0.3 is 15.1 Å². The molecule has 1 unspecified atom stereocenters. The number of nitrogens with zero attached hydrogens (tertiary/aromatic N) is 2. The van der Waals surface area contributed by atoms with Crippen LogP contribution in [0.5, 0.6) is 0 Å². The molecule has 2 rings (SSSR count). The fraction of sp³-hybridized carbons (Fsp3) is 0.611. The van der Waals surface area contributed by atoms with Gasteiger partial charge in [0, 0.05) is 36.6 Å². The average Bonchev–Trinajstić information content (AvgIpc) is 2.93. The SMILES string of the molecule is CN(C)CC1CCN(C(=O)NCC(C)(C)c2ccc(Cl)cc2)C1. The molecule has 1 aliphatic heterocycles. The monoisotopic (exact) mass is 337 g/mol. The average molecular weight is 338 g/mol. The number of amides is 2. The highest BCUT2D eigenvalue weighted by molar-refractivity contribution is 6.30. The van der Waals surface area contributed by atoms with E-state index in [0.717, 1.165) is 31.1 Å². The van der Waals surface area contributed by atoms with Gasteiger partial charge in [-0.2, -0.15) is 0 Å². The van der Waals surface area contributed by atoms with E-state index < -0.39 is 0 Å². The molecular weight excluding hydrogens is 310 g/mol. The molecule has 1 heterocycles. The highest BCUT2D eigenvalue weighted by Gasteiger charge is 2.28. The smallest absolute Gasteiger partial charge is 0.317 e. The van der Waals surface area contributed by atoms with E-state index in [1.165, 1.54) is 5.56 Å². The first-order valence-corrected chi connectivity index (χ1v) is 8.59. The van der Waals surface area contributed by atoms with Gasteiger partial charge in [0.2, 0.25) is 0 Å². The maximum absolute atomic E-state index is 12.4. The lowest BCUT2D eigenvalue weighted by Gasteiger charge is -2.27. The number of carbonyl (C=O) groups is 1. The van der Waals surface area contributed by atoms with Crippen molar-refractivity contribution in [2.45, 2.75) is 25.7 Å². The third-order valence-corrected chi connectivity index (χ3v) is 4.76. The minimum absolute atomic E-state index is 0.0493. The molecule has 1 aliphatic rings. The van der Waals surface area contributed by atoms with Crippen molar-refractivity contribution in [1.82, 2.24) is 15.1 Å². The minimum atomic E-state index is -0.122. The van der Waals surface area contributed by atoms with E-state index in [4.69, 9.17) is 11.6 Å². The molecule has 1 aromatic carbocycles. The van der Waals surface area contributed by atoms with E-state index in [0.29, 0.717) is 12.5 Å². The first-order valence-electron chi connectivity index (χ1n) is 8.21. The fourth-order valence-corrected chi connectivity index (χ4v) is 3.22. The predicted octanol–water partition coefficient (Wildman–Crippen LogP) is 3.21. The van der Waals surface area contributed by atoms with Crippen molar-refractivity contribution in [3.63, 3.8) is 0 Å². The summed E-state index contributed by atoms with van der Waals surface area (Å²) in [6, 6.07) is 7.89. The molecule has 0 aliphatic carbocycles. The van der Waals surface area contributed by atoms with Crippen LogP contribution < -0.4 is 5.32 Å². The zero-order valence-electron chi connectivity index (χ0n) is 14.6. The first kappa shape index (κ1) is 18.1. The molecule has 1 atom stereocenters. The van der Waals surface area contributed by atoms with Crippen LogP contribution in [0.4, 0.5) is 4.79 Å². The molecule has 1 saturated heterocycles. The molecule has 1 N–H and O–H groups in total. The van der Waals surface area contributed by atoms with Crippen molar-refractivity contribution < 1.29 is 4.79 Å². The number of carbonyl (C=O) groups excluding carboxylic acids is 1. The number of benzene rings is 1. The molecule has 0 spiro atoms. The van der Waals surface area contributed by atoms with Crippen LogP contribution in [0.25, 0.3) is 0 Å². The second kappa shape index (κ2) is 7.54. The van der Waals surface area contributed by atoms with Crippen LogP contribution in [0, 0.1) is 5.92 Å². The highest BCUT2D eigenvalue weighted by atomic mass is 35.5. The van der Waals surface area contributed by atoms with Crippen molar-refractivity contribution in [1.29, 1.82) is 0 Å². The van der Waals surface area contributed by atoms with E-state index in [9.17, 15) is 4.79 Å². The van der Waals surface area contributed by atoms with Gasteiger partial charge in [-0.1, -0.05) is 37.6 Å². The molecular formula is C18H28ClN3O. The number of likely N-dealkylation sites (tertiary alicyclic amines) is 1. The largest absolute Gasteiger partial charge is 0.337 e. The topological polar surface area (TPSA) is 35.6 Å². The summed E-state index contributed by atoms with van der Waals surface area (Å²) in [7, 11) is 4.16. The number of hydrogen-bond acceptors (Lipinski definition) is 2. The summed E-state index contributed by atoms with van der Waals surface area (Å²) in [5, 5.41) is 3.83. The molecule has 23 heavy (non-hydrogen) atoms. The van der Waals surface area contributed by atoms with Crippen molar-refractivity contribution in [2.75, 3.05) is 40.3 Å². The summed E-state index contributed by atoms with van der Waals surface area (Å²) >= 11 is 5.95. The lowest BCUT2D eigenvalue weighted by molar-refractivity contribution is 0.203. The highest BCUT2D eigenvalue weighted by Crippen LogP contribution is 2.24. The molecule has 0 bridgehead atoms. The van der Waals surface area contributed by atoms with Gasteiger partial charge in [0.1, 0.15) is 0 Å². The molecule has 0 saturated carbocycles. The maximum atomic E-state index is 12.4. The third kappa shape index (κ3) is 5.11. The predicted molar refractivity (Wildman–Crippen MR) is 96.1 cm³/mol. The Morgan fingerprint density at radius 1 is 1.35 bits per heavy atom. The molecule has 0 aromatic heterocycles. The van der Waals surface area contributed by atoms with Crippen LogP contribution in [-0.2, 0) is 5.41 Å².